The van der Waals surface area contributed by atoms with Crippen LogP contribution in [0.4, 0.5) is 0 Å². The Morgan fingerprint density at radius 2 is 2.19 bits per heavy atom. The fraction of sp³-hybridized carbons (Fsp3) is 0.667. The minimum absolute atomic E-state index is 0.459. The van der Waals surface area contributed by atoms with Gasteiger partial charge in [-0.15, -0.1) is 0 Å². The van der Waals surface area contributed by atoms with Crippen molar-refractivity contribution >= 4 is 0 Å². The summed E-state index contributed by atoms with van der Waals surface area (Å²) >= 11 is 0. The largest absolute Gasteiger partial charge is 0.493 e. The van der Waals surface area contributed by atoms with E-state index in [0.717, 1.165) is 57.8 Å². The first-order chi connectivity index (χ1) is 10.3. The molecule has 0 aromatic heterocycles. The van der Waals surface area contributed by atoms with Gasteiger partial charge in [-0.1, -0.05) is 26.0 Å². The molecule has 0 saturated carbocycles. The van der Waals surface area contributed by atoms with Crippen molar-refractivity contribution in [2.24, 2.45) is 0 Å². The third-order valence-electron chi connectivity index (χ3n) is 3.89. The summed E-state index contributed by atoms with van der Waals surface area (Å²) in [5, 5.41) is 3.60. The fourth-order valence-corrected chi connectivity index (χ4v) is 2.70. The predicted octanol–water partition coefficient (Wildman–Crippen LogP) is 3.35. The van der Waals surface area contributed by atoms with Crippen molar-refractivity contribution in [3.05, 3.63) is 29.3 Å². The van der Waals surface area contributed by atoms with Crippen molar-refractivity contribution in [3.63, 3.8) is 0 Å². The maximum Gasteiger partial charge on any atom is 0.122 e. The number of rotatable bonds is 10. The van der Waals surface area contributed by atoms with Gasteiger partial charge >= 0.3 is 0 Å². The van der Waals surface area contributed by atoms with Crippen molar-refractivity contribution in [2.45, 2.75) is 52.0 Å². The maximum atomic E-state index is 5.72. The van der Waals surface area contributed by atoms with Crippen LogP contribution in [0.15, 0.2) is 18.2 Å². The quantitative estimate of drug-likeness (QED) is 0.671. The van der Waals surface area contributed by atoms with E-state index in [4.69, 9.17) is 9.47 Å². The average molecular weight is 291 g/mol. The molecule has 0 aliphatic carbocycles. The molecule has 1 unspecified atom stereocenters. The number of hydrogen-bond acceptors (Lipinski definition) is 3. The van der Waals surface area contributed by atoms with Crippen LogP contribution in [0.1, 0.15) is 44.2 Å². The van der Waals surface area contributed by atoms with Crippen molar-refractivity contribution in [1.82, 2.24) is 5.32 Å². The van der Waals surface area contributed by atoms with E-state index in [2.05, 4.69) is 37.4 Å². The lowest BCUT2D eigenvalue weighted by Gasteiger charge is -2.18. The zero-order valence-electron chi connectivity index (χ0n) is 13.5. The molecule has 1 aliphatic rings. The second kappa shape index (κ2) is 9.06. The summed E-state index contributed by atoms with van der Waals surface area (Å²) in [6.45, 7) is 7.95. The number of benzene rings is 1. The van der Waals surface area contributed by atoms with Gasteiger partial charge in [-0.05, 0) is 49.4 Å². The van der Waals surface area contributed by atoms with Gasteiger partial charge in [0.15, 0.2) is 0 Å². The fourth-order valence-electron chi connectivity index (χ4n) is 2.70. The second-order valence-corrected chi connectivity index (χ2v) is 5.81. The van der Waals surface area contributed by atoms with Crippen LogP contribution in [-0.4, -0.2) is 32.4 Å². The topological polar surface area (TPSA) is 30.5 Å². The Bertz CT molecular complexity index is 420. The third kappa shape index (κ3) is 5.33. The van der Waals surface area contributed by atoms with Gasteiger partial charge in [-0.3, -0.25) is 0 Å². The van der Waals surface area contributed by atoms with Gasteiger partial charge in [0.2, 0.25) is 0 Å². The van der Waals surface area contributed by atoms with E-state index >= 15 is 0 Å². The molecule has 0 amide bonds. The van der Waals surface area contributed by atoms with Crippen molar-refractivity contribution in [3.8, 4) is 5.75 Å². The standard InChI is InChI=1S/C18H29NO2/c1-3-10-19-17(14-20-11-4-2)7-5-15-6-8-18-16(13-15)9-12-21-18/h6,8,13,17,19H,3-5,7,9-12,14H2,1-2H3. The highest BCUT2D eigenvalue weighted by atomic mass is 16.5. The molecule has 1 aliphatic heterocycles. The van der Waals surface area contributed by atoms with Gasteiger partial charge in [0.05, 0.1) is 13.2 Å². The van der Waals surface area contributed by atoms with E-state index in [1.807, 2.05) is 0 Å². The van der Waals surface area contributed by atoms with E-state index < -0.39 is 0 Å². The second-order valence-electron chi connectivity index (χ2n) is 5.81. The monoisotopic (exact) mass is 291 g/mol. The molecule has 1 heterocycles. The summed E-state index contributed by atoms with van der Waals surface area (Å²) in [5.41, 5.74) is 2.78. The smallest absolute Gasteiger partial charge is 0.122 e. The SMILES string of the molecule is CCCNC(CCc1ccc2c(c1)CCO2)COCCC. The van der Waals surface area contributed by atoms with Gasteiger partial charge in [0.1, 0.15) is 5.75 Å². The van der Waals surface area contributed by atoms with Crippen LogP contribution in [0.5, 0.6) is 5.75 Å². The van der Waals surface area contributed by atoms with Crippen molar-refractivity contribution in [2.75, 3.05) is 26.4 Å². The predicted molar refractivity (Wildman–Crippen MR) is 87.2 cm³/mol. The molecular weight excluding hydrogens is 262 g/mol. The molecule has 0 bridgehead atoms. The van der Waals surface area contributed by atoms with Gasteiger partial charge < -0.3 is 14.8 Å². The normalized spacial score (nSPS) is 14.8. The first-order valence-electron chi connectivity index (χ1n) is 8.39. The molecule has 1 aromatic carbocycles. The summed E-state index contributed by atoms with van der Waals surface area (Å²) in [7, 11) is 0. The number of hydrogen-bond donors (Lipinski definition) is 1. The summed E-state index contributed by atoms with van der Waals surface area (Å²) in [5.74, 6) is 1.07. The van der Waals surface area contributed by atoms with Gasteiger partial charge in [0.25, 0.3) is 0 Å². The summed E-state index contributed by atoms with van der Waals surface area (Å²) in [4.78, 5) is 0. The molecule has 118 valence electrons. The Morgan fingerprint density at radius 3 is 3.00 bits per heavy atom. The van der Waals surface area contributed by atoms with E-state index in [9.17, 15) is 0 Å². The summed E-state index contributed by atoms with van der Waals surface area (Å²) < 4.78 is 11.3. The molecule has 2 rings (SSSR count). The highest BCUT2D eigenvalue weighted by Gasteiger charge is 2.13. The Labute approximate surface area is 129 Å². The van der Waals surface area contributed by atoms with E-state index in [1.54, 1.807) is 0 Å². The zero-order valence-corrected chi connectivity index (χ0v) is 13.5. The minimum Gasteiger partial charge on any atom is -0.493 e. The van der Waals surface area contributed by atoms with Crippen LogP contribution in [0.2, 0.25) is 0 Å². The third-order valence-corrected chi connectivity index (χ3v) is 3.89. The average Bonchev–Trinajstić information content (AvgIpc) is 2.97. The highest BCUT2D eigenvalue weighted by molar-refractivity contribution is 5.39. The first kappa shape index (κ1) is 16.3. The molecule has 3 nitrogen and oxygen atoms in total. The molecule has 21 heavy (non-hydrogen) atoms. The Hall–Kier alpha value is -1.06. The van der Waals surface area contributed by atoms with Gasteiger partial charge in [-0.2, -0.15) is 0 Å². The van der Waals surface area contributed by atoms with Crippen LogP contribution < -0.4 is 10.1 Å². The first-order valence-corrected chi connectivity index (χ1v) is 8.39. The summed E-state index contributed by atoms with van der Waals surface area (Å²) in [6, 6.07) is 7.10. The molecule has 0 spiro atoms. The number of aryl methyl sites for hydroxylation is 1. The van der Waals surface area contributed by atoms with E-state index in [-0.39, 0.29) is 0 Å². The van der Waals surface area contributed by atoms with Crippen molar-refractivity contribution in [1.29, 1.82) is 0 Å². The van der Waals surface area contributed by atoms with E-state index in [1.165, 1.54) is 17.5 Å². The Kier molecular flexibility index (Phi) is 7.04. The van der Waals surface area contributed by atoms with Crippen molar-refractivity contribution < 1.29 is 9.47 Å². The summed E-state index contributed by atoms with van der Waals surface area (Å²) in [6.07, 6.45) is 5.54. The molecule has 1 aromatic rings. The van der Waals surface area contributed by atoms with Crippen LogP contribution in [-0.2, 0) is 17.6 Å². The lowest BCUT2D eigenvalue weighted by molar-refractivity contribution is 0.109. The Morgan fingerprint density at radius 1 is 1.29 bits per heavy atom. The van der Waals surface area contributed by atoms with Crippen LogP contribution in [0, 0.1) is 0 Å². The van der Waals surface area contributed by atoms with Crippen LogP contribution >= 0.6 is 0 Å². The molecule has 3 heteroatoms. The molecule has 0 saturated heterocycles. The molecule has 0 fully saturated rings. The number of ether oxygens (including phenoxy) is 2. The molecular formula is C18H29NO2. The van der Waals surface area contributed by atoms with E-state index in [0.29, 0.717) is 6.04 Å². The molecule has 0 radical (unpaired) electrons. The number of fused-ring (bicyclic) bond motifs is 1. The van der Waals surface area contributed by atoms with Crippen LogP contribution in [0.3, 0.4) is 0 Å². The van der Waals surface area contributed by atoms with Crippen LogP contribution in [0.25, 0.3) is 0 Å². The Balaban J connectivity index is 1.81. The van der Waals surface area contributed by atoms with Gasteiger partial charge in [-0.25, -0.2) is 0 Å². The minimum atomic E-state index is 0.459. The zero-order chi connectivity index (χ0) is 14.9. The lowest BCUT2D eigenvalue weighted by atomic mass is 10.0. The number of nitrogens with one attached hydrogen (secondary N) is 1. The maximum absolute atomic E-state index is 5.72. The molecule has 1 N–H and O–H groups in total. The highest BCUT2D eigenvalue weighted by Crippen LogP contribution is 2.26. The lowest BCUT2D eigenvalue weighted by Crippen LogP contribution is -2.34. The van der Waals surface area contributed by atoms with Gasteiger partial charge in [0, 0.05) is 19.1 Å². The molecule has 1 atom stereocenters.